The van der Waals surface area contributed by atoms with E-state index >= 15 is 0 Å². The van der Waals surface area contributed by atoms with Crippen molar-refractivity contribution >= 4 is 15.7 Å². The van der Waals surface area contributed by atoms with Gasteiger partial charge in [-0.1, -0.05) is 18.2 Å². The Hall–Kier alpha value is -1.90. The van der Waals surface area contributed by atoms with Crippen molar-refractivity contribution < 1.29 is 18.3 Å². The Balaban J connectivity index is 2.40. The Morgan fingerprint density at radius 1 is 1.38 bits per heavy atom. The average molecular weight is 311 g/mol. The Morgan fingerprint density at radius 3 is 2.76 bits per heavy atom. The van der Waals surface area contributed by atoms with Crippen molar-refractivity contribution in [2.24, 2.45) is 0 Å². The van der Waals surface area contributed by atoms with Crippen LogP contribution in [-0.2, 0) is 28.0 Å². The second kappa shape index (κ2) is 6.25. The minimum absolute atomic E-state index is 0.0304. The number of para-hydroxylation sites is 1. The van der Waals surface area contributed by atoms with Crippen LogP contribution in [0, 0.1) is 6.92 Å². The van der Waals surface area contributed by atoms with Gasteiger partial charge < -0.3 is 9.84 Å². The standard InChI is InChI=1S/C13H17N3O4S/c1-9-13(12(7-17)15-14-9)21(18,19)16-11-6-4-3-5-10(11)8-20-2/h3-6,16-17H,7-8H2,1-2H3,(H,14,15). The molecule has 3 N–H and O–H groups in total. The molecule has 0 radical (unpaired) electrons. The zero-order valence-corrected chi connectivity index (χ0v) is 12.6. The lowest BCUT2D eigenvalue weighted by Crippen LogP contribution is -2.16. The lowest BCUT2D eigenvalue weighted by atomic mass is 10.2. The molecule has 7 nitrogen and oxygen atoms in total. The molecule has 0 saturated heterocycles. The van der Waals surface area contributed by atoms with E-state index in [9.17, 15) is 13.5 Å². The minimum Gasteiger partial charge on any atom is -0.390 e. The second-order valence-electron chi connectivity index (χ2n) is 4.48. The number of sulfonamides is 1. The summed E-state index contributed by atoms with van der Waals surface area (Å²) in [5.41, 5.74) is 1.61. The predicted octanol–water partition coefficient (Wildman–Crippen LogP) is 1.16. The summed E-state index contributed by atoms with van der Waals surface area (Å²) in [6.45, 7) is 1.41. The van der Waals surface area contributed by atoms with Crippen molar-refractivity contribution in [2.45, 2.75) is 25.0 Å². The highest BCUT2D eigenvalue weighted by molar-refractivity contribution is 7.92. The van der Waals surface area contributed by atoms with E-state index in [4.69, 9.17) is 4.74 Å². The van der Waals surface area contributed by atoms with E-state index < -0.39 is 16.6 Å². The molecule has 8 heteroatoms. The molecule has 0 spiro atoms. The van der Waals surface area contributed by atoms with Gasteiger partial charge >= 0.3 is 0 Å². The van der Waals surface area contributed by atoms with Gasteiger partial charge in [-0.3, -0.25) is 9.82 Å². The monoisotopic (exact) mass is 311 g/mol. The zero-order chi connectivity index (χ0) is 15.5. The van der Waals surface area contributed by atoms with E-state index in [0.717, 1.165) is 5.56 Å². The van der Waals surface area contributed by atoms with Crippen LogP contribution in [-0.4, -0.2) is 30.8 Å². The SMILES string of the molecule is COCc1ccccc1NS(=O)(=O)c1c(CO)n[nH]c1C. The summed E-state index contributed by atoms with van der Waals surface area (Å²) >= 11 is 0. The molecule has 0 atom stereocenters. The summed E-state index contributed by atoms with van der Waals surface area (Å²) in [5.74, 6) is 0. The number of aryl methyl sites for hydroxylation is 1. The number of aromatic amines is 1. The third-order valence-electron chi connectivity index (χ3n) is 2.94. The van der Waals surface area contributed by atoms with Crippen LogP contribution in [0.15, 0.2) is 29.2 Å². The lowest BCUT2D eigenvalue weighted by molar-refractivity contribution is 0.185. The number of rotatable bonds is 6. The largest absolute Gasteiger partial charge is 0.390 e. The smallest absolute Gasteiger partial charge is 0.265 e. The first-order chi connectivity index (χ1) is 9.99. The fourth-order valence-corrected chi connectivity index (χ4v) is 3.49. The van der Waals surface area contributed by atoms with E-state index in [1.54, 1.807) is 31.2 Å². The van der Waals surface area contributed by atoms with Gasteiger partial charge in [0.05, 0.1) is 24.6 Å². The summed E-state index contributed by atoms with van der Waals surface area (Å²) in [7, 11) is -2.31. The van der Waals surface area contributed by atoms with Gasteiger partial charge in [-0.25, -0.2) is 8.42 Å². The molecule has 0 fully saturated rings. The number of hydrogen-bond acceptors (Lipinski definition) is 5. The zero-order valence-electron chi connectivity index (χ0n) is 11.8. The third-order valence-corrected chi connectivity index (χ3v) is 4.51. The molecular formula is C13H17N3O4S. The number of aliphatic hydroxyl groups is 1. The van der Waals surface area contributed by atoms with Crippen molar-refractivity contribution in [3.63, 3.8) is 0 Å². The number of methoxy groups -OCH3 is 1. The van der Waals surface area contributed by atoms with Crippen LogP contribution in [0.1, 0.15) is 17.0 Å². The number of nitrogens with one attached hydrogen (secondary N) is 2. The number of aliphatic hydroxyl groups excluding tert-OH is 1. The maximum atomic E-state index is 12.5. The van der Waals surface area contributed by atoms with Crippen molar-refractivity contribution in [3.8, 4) is 0 Å². The molecule has 2 aromatic rings. The van der Waals surface area contributed by atoms with Crippen molar-refractivity contribution in [2.75, 3.05) is 11.8 Å². The molecule has 1 heterocycles. The summed E-state index contributed by atoms with van der Waals surface area (Å²) in [6.07, 6.45) is 0. The van der Waals surface area contributed by atoms with E-state index in [2.05, 4.69) is 14.9 Å². The van der Waals surface area contributed by atoms with Crippen LogP contribution >= 0.6 is 0 Å². The summed E-state index contributed by atoms with van der Waals surface area (Å²) in [5, 5.41) is 15.6. The van der Waals surface area contributed by atoms with Crippen molar-refractivity contribution in [3.05, 3.63) is 41.2 Å². The molecule has 0 amide bonds. The van der Waals surface area contributed by atoms with Crippen LogP contribution in [0.5, 0.6) is 0 Å². The second-order valence-corrected chi connectivity index (χ2v) is 6.10. The highest BCUT2D eigenvalue weighted by Gasteiger charge is 2.24. The Labute approximate surface area is 123 Å². The summed E-state index contributed by atoms with van der Waals surface area (Å²) < 4.78 is 32.6. The molecular weight excluding hydrogens is 294 g/mol. The van der Waals surface area contributed by atoms with E-state index in [0.29, 0.717) is 11.4 Å². The van der Waals surface area contributed by atoms with E-state index in [-0.39, 0.29) is 17.2 Å². The first-order valence-corrected chi connectivity index (χ1v) is 7.72. The van der Waals surface area contributed by atoms with E-state index in [1.807, 2.05) is 0 Å². The van der Waals surface area contributed by atoms with Gasteiger partial charge in [0.1, 0.15) is 10.6 Å². The first-order valence-electron chi connectivity index (χ1n) is 6.24. The normalized spacial score (nSPS) is 11.6. The molecule has 0 aliphatic carbocycles. The number of hydrogen-bond donors (Lipinski definition) is 3. The topological polar surface area (TPSA) is 104 Å². The third kappa shape index (κ3) is 3.23. The number of aromatic nitrogens is 2. The number of benzene rings is 1. The fraction of sp³-hybridized carbons (Fsp3) is 0.308. The minimum atomic E-state index is -3.84. The van der Waals surface area contributed by atoms with Gasteiger partial charge in [0.25, 0.3) is 10.0 Å². The van der Waals surface area contributed by atoms with Gasteiger partial charge in [0, 0.05) is 12.7 Å². The van der Waals surface area contributed by atoms with Crippen LogP contribution in [0.3, 0.4) is 0 Å². The van der Waals surface area contributed by atoms with Crippen molar-refractivity contribution in [1.29, 1.82) is 0 Å². The molecule has 1 aromatic carbocycles. The molecule has 0 bridgehead atoms. The number of ether oxygens (including phenoxy) is 1. The number of H-pyrrole nitrogens is 1. The lowest BCUT2D eigenvalue weighted by Gasteiger charge is -2.12. The van der Waals surface area contributed by atoms with Gasteiger partial charge in [0.15, 0.2) is 0 Å². The highest BCUT2D eigenvalue weighted by Crippen LogP contribution is 2.24. The molecule has 2 rings (SSSR count). The van der Waals surface area contributed by atoms with Crippen molar-refractivity contribution in [1.82, 2.24) is 10.2 Å². The summed E-state index contributed by atoms with van der Waals surface area (Å²) in [6, 6.07) is 6.96. The van der Waals surface area contributed by atoms with Crippen LogP contribution in [0.4, 0.5) is 5.69 Å². The quantitative estimate of drug-likeness (QED) is 0.742. The van der Waals surface area contributed by atoms with Gasteiger partial charge in [-0.05, 0) is 13.0 Å². The molecule has 21 heavy (non-hydrogen) atoms. The Morgan fingerprint density at radius 2 is 2.10 bits per heavy atom. The molecule has 1 aromatic heterocycles. The first kappa shape index (κ1) is 15.5. The van der Waals surface area contributed by atoms with E-state index in [1.165, 1.54) is 7.11 Å². The Kier molecular flexibility index (Phi) is 4.61. The van der Waals surface area contributed by atoms with Gasteiger partial charge in [0.2, 0.25) is 0 Å². The van der Waals surface area contributed by atoms with Crippen LogP contribution in [0.2, 0.25) is 0 Å². The molecule has 0 aliphatic heterocycles. The predicted molar refractivity (Wildman–Crippen MR) is 77.2 cm³/mol. The maximum absolute atomic E-state index is 12.5. The van der Waals surface area contributed by atoms with Crippen LogP contribution in [0.25, 0.3) is 0 Å². The molecule has 0 saturated carbocycles. The Bertz CT molecular complexity index is 725. The van der Waals surface area contributed by atoms with Gasteiger partial charge in [-0.15, -0.1) is 0 Å². The number of nitrogens with zero attached hydrogens (tertiary/aromatic N) is 1. The number of anilines is 1. The maximum Gasteiger partial charge on any atom is 0.265 e. The molecule has 0 aliphatic rings. The fourth-order valence-electron chi connectivity index (χ4n) is 2.03. The highest BCUT2D eigenvalue weighted by atomic mass is 32.2. The van der Waals surface area contributed by atoms with Gasteiger partial charge in [-0.2, -0.15) is 5.10 Å². The molecule has 0 unspecified atom stereocenters. The average Bonchev–Trinajstić information content (AvgIpc) is 2.83. The summed E-state index contributed by atoms with van der Waals surface area (Å²) in [4.78, 5) is -0.0304. The molecule has 114 valence electrons. The van der Waals surface area contributed by atoms with Crippen LogP contribution < -0.4 is 4.72 Å².